The smallest absolute Gasteiger partial charge is 0.0525 e. The molecule has 2 rings (SSSR count). The molecule has 2 aliphatic carbocycles. The minimum Gasteiger partial charge on any atom is -0.293 e. The molecule has 0 amide bonds. The standard InChI is InChI=1S/C10H15N/c1-7-5-10(7)11-6-8(2)9-3-4-9/h3,6-8,10H,4-5H2,1-2H3. The van der Waals surface area contributed by atoms with Crippen LogP contribution in [0.3, 0.4) is 0 Å². The largest absolute Gasteiger partial charge is 0.293 e. The number of allylic oxidation sites excluding steroid dienone is 2. The van der Waals surface area contributed by atoms with Crippen LogP contribution in [0.5, 0.6) is 0 Å². The number of nitrogens with zero attached hydrogens (tertiary/aromatic N) is 1. The summed E-state index contributed by atoms with van der Waals surface area (Å²) in [5.74, 6) is 1.47. The topological polar surface area (TPSA) is 12.4 Å². The van der Waals surface area contributed by atoms with Crippen molar-refractivity contribution in [1.82, 2.24) is 0 Å². The van der Waals surface area contributed by atoms with E-state index in [0.29, 0.717) is 12.0 Å². The third kappa shape index (κ3) is 1.70. The zero-order valence-corrected chi connectivity index (χ0v) is 7.25. The van der Waals surface area contributed by atoms with Gasteiger partial charge in [-0.1, -0.05) is 25.5 Å². The molecule has 0 aromatic rings. The van der Waals surface area contributed by atoms with Crippen molar-refractivity contribution in [2.45, 2.75) is 32.7 Å². The molecule has 1 fully saturated rings. The first kappa shape index (κ1) is 7.08. The Labute approximate surface area is 68.2 Å². The fourth-order valence-corrected chi connectivity index (χ4v) is 1.28. The Kier molecular flexibility index (Phi) is 1.59. The Bertz CT molecular complexity index is 215. The fourth-order valence-electron chi connectivity index (χ4n) is 1.28. The average Bonchev–Trinajstić information content (AvgIpc) is 2.77. The second-order valence-corrected chi connectivity index (χ2v) is 3.85. The predicted octanol–water partition coefficient (Wildman–Crippen LogP) is 2.43. The molecule has 0 aromatic heterocycles. The highest BCUT2D eigenvalue weighted by atomic mass is 14.8. The molecule has 0 radical (unpaired) electrons. The van der Waals surface area contributed by atoms with Crippen molar-refractivity contribution in [1.29, 1.82) is 0 Å². The van der Waals surface area contributed by atoms with Gasteiger partial charge in [-0.05, 0) is 18.8 Å². The second kappa shape index (κ2) is 2.47. The van der Waals surface area contributed by atoms with E-state index in [-0.39, 0.29) is 0 Å². The van der Waals surface area contributed by atoms with Gasteiger partial charge in [-0.2, -0.15) is 0 Å². The van der Waals surface area contributed by atoms with Crippen LogP contribution in [0.1, 0.15) is 26.7 Å². The van der Waals surface area contributed by atoms with Crippen LogP contribution in [-0.2, 0) is 0 Å². The first-order chi connectivity index (χ1) is 5.27. The zero-order chi connectivity index (χ0) is 7.84. The third-order valence-corrected chi connectivity index (χ3v) is 2.59. The second-order valence-electron chi connectivity index (χ2n) is 3.85. The quantitative estimate of drug-likeness (QED) is 0.431. The number of hydrogen-bond donors (Lipinski definition) is 0. The van der Waals surface area contributed by atoms with Gasteiger partial charge in [0.15, 0.2) is 0 Å². The lowest BCUT2D eigenvalue weighted by Gasteiger charge is -1.96. The van der Waals surface area contributed by atoms with Crippen molar-refractivity contribution >= 4 is 6.21 Å². The van der Waals surface area contributed by atoms with Gasteiger partial charge in [0.05, 0.1) is 6.04 Å². The lowest BCUT2D eigenvalue weighted by molar-refractivity contribution is 0.879. The molecule has 1 nitrogen and oxygen atoms in total. The summed E-state index contributed by atoms with van der Waals surface area (Å²) in [6, 6.07) is 0.664. The Morgan fingerprint density at radius 2 is 2.36 bits per heavy atom. The maximum atomic E-state index is 4.51. The van der Waals surface area contributed by atoms with Crippen LogP contribution in [0.4, 0.5) is 0 Å². The Hall–Kier alpha value is -0.590. The third-order valence-electron chi connectivity index (χ3n) is 2.59. The van der Waals surface area contributed by atoms with E-state index in [2.05, 4.69) is 31.1 Å². The summed E-state index contributed by atoms with van der Waals surface area (Å²) < 4.78 is 0. The molecule has 0 aliphatic heterocycles. The summed E-state index contributed by atoms with van der Waals surface area (Å²) in [6.07, 6.45) is 6.95. The van der Waals surface area contributed by atoms with E-state index in [1.54, 1.807) is 5.57 Å². The molecule has 0 saturated heterocycles. The van der Waals surface area contributed by atoms with E-state index in [0.717, 1.165) is 5.92 Å². The van der Waals surface area contributed by atoms with Crippen molar-refractivity contribution in [2.75, 3.05) is 0 Å². The summed E-state index contributed by atoms with van der Waals surface area (Å²) in [7, 11) is 0. The van der Waals surface area contributed by atoms with Gasteiger partial charge in [-0.3, -0.25) is 4.99 Å². The Morgan fingerprint density at radius 1 is 1.73 bits per heavy atom. The maximum absolute atomic E-state index is 4.51. The Balaban J connectivity index is 1.79. The summed E-state index contributed by atoms with van der Waals surface area (Å²) >= 11 is 0. The monoisotopic (exact) mass is 149 g/mol. The van der Waals surface area contributed by atoms with Crippen LogP contribution in [0.15, 0.2) is 16.6 Å². The highest BCUT2D eigenvalue weighted by Crippen LogP contribution is 2.33. The van der Waals surface area contributed by atoms with E-state index in [1.165, 1.54) is 12.8 Å². The van der Waals surface area contributed by atoms with E-state index in [4.69, 9.17) is 0 Å². The van der Waals surface area contributed by atoms with Gasteiger partial charge >= 0.3 is 0 Å². The molecule has 0 bridgehead atoms. The first-order valence-corrected chi connectivity index (χ1v) is 4.49. The molecular formula is C10H15N. The highest BCUT2D eigenvalue weighted by Gasteiger charge is 2.31. The van der Waals surface area contributed by atoms with E-state index in [1.807, 2.05) is 0 Å². The molecule has 11 heavy (non-hydrogen) atoms. The van der Waals surface area contributed by atoms with Crippen LogP contribution >= 0.6 is 0 Å². The van der Waals surface area contributed by atoms with Gasteiger partial charge in [0.1, 0.15) is 0 Å². The van der Waals surface area contributed by atoms with Crippen molar-refractivity contribution in [3.8, 4) is 0 Å². The van der Waals surface area contributed by atoms with Crippen molar-refractivity contribution in [3.63, 3.8) is 0 Å². The van der Waals surface area contributed by atoms with Crippen molar-refractivity contribution in [3.05, 3.63) is 11.6 Å². The summed E-state index contributed by atoms with van der Waals surface area (Å²) in [4.78, 5) is 4.51. The minimum atomic E-state index is 0.614. The van der Waals surface area contributed by atoms with E-state index < -0.39 is 0 Å². The van der Waals surface area contributed by atoms with Crippen molar-refractivity contribution in [2.24, 2.45) is 16.8 Å². The summed E-state index contributed by atoms with van der Waals surface area (Å²) in [6.45, 7) is 4.50. The van der Waals surface area contributed by atoms with E-state index >= 15 is 0 Å². The highest BCUT2D eigenvalue weighted by molar-refractivity contribution is 5.67. The maximum Gasteiger partial charge on any atom is 0.0525 e. The lowest BCUT2D eigenvalue weighted by Crippen LogP contribution is -1.94. The van der Waals surface area contributed by atoms with Crippen LogP contribution in [-0.4, -0.2) is 12.3 Å². The lowest BCUT2D eigenvalue weighted by atomic mass is 10.1. The molecule has 0 spiro atoms. The molecule has 1 saturated carbocycles. The molecule has 0 heterocycles. The van der Waals surface area contributed by atoms with Crippen molar-refractivity contribution < 1.29 is 0 Å². The molecule has 0 aromatic carbocycles. The molecule has 60 valence electrons. The van der Waals surface area contributed by atoms with Gasteiger partial charge < -0.3 is 0 Å². The molecule has 3 atom stereocenters. The molecule has 1 heteroatoms. The van der Waals surface area contributed by atoms with Gasteiger partial charge in [0.2, 0.25) is 0 Å². The number of hydrogen-bond acceptors (Lipinski definition) is 1. The van der Waals surface area contributed by atoms with E-state index in [9.17, 15) is 0 Å². The van der Waals surface area contributed by atoms with Gasteiger partial charge in [-0.25, -0.2) is 0 Å². The number of aliphatic imine (C=N–C) groups is 1. The van der Waals surface area contributed by atoms with Crippen LogP contribution < -0.4 is 0 Å². The summed E-state index contributed by atoms with van der Waals surface area (Å²) in [5, 5.41) is 0. The van der Waals surface area contributed by atoms with Gasteiger partial charge in [0.25, 0.3) is 0 Å². The molecular weight excluding hydrogens is 134 g/mol. The first-order valence-electron chi connectivity index (χ1n) is 4.49. The molecule has 2 aliphatic rings. The predicted molar refractivity (Wildman–Crippen MR) is 47.9 cm³/mol. The molecule has 3 unspecified atom stereocenters. The number of rotatable bonds is 3. The normalized spacial score (nSPS) is 37.1. The summed E-state index contributed by atoms with van der Waals surface area (Å²) in [5.41, 5.74) is 1.57. The average molecular weight is 149 g/mol. The van der Waals surface area contributed by atoms with Crippen LogP contribution in [0, 0.1) is 11.8 Å². The van der Waals surface area contributed by atoms with Crippen LogP contribution in [0.2, 0.25) is 0 Å². The SMILES string of the molecule is CC(C=NC1CC1C)C1=CC1. The van der Waals surface area contributed by atoms with Crippen LogP contribution in [0.25, 0.3) is 0 Å². The fraction of sp³-hybridized carbons (Fsp3) is 0.700. The zero-order valence-electron chi connectivity index (χ0n) is 7.25. The van der Waals surface area contributed by atoms with Gasteiger partial charge in [-0.15, -0.1) is 0 Å². The Morgan fingerprint density at radius 3 is 2.82 bits per heavy atom. The van der Waals surface area contributed by atoms with Gasteiger partial charge in [0, 0.05) is 12.1 Å². The molecule has 0 N–H and O–H groups in total. The minimum absolute atomic E-state index is 0.614.